The van der Waals surface area contributed by atoms with Gasteiger partial charge in [-0.25, -0.2) is 0 Å². The number of hydrogen-bond acceptors (Lipinski definition) is 4. The van der Waals surface area contributed by atoms with Gasteiger partial charge in [-0.1, -0.05) is 18.2 Å². The van der Waals surface area contributed by atoms with E-state index in [1.807, 2.05) is 42.3 Å². The molecule has 102 valence electrons. The predicted octanol–water partition coefficient (Wildman–Crippen LogP) is 3.34. The predicted molar refractivity (Wildman–Crippen MR) is 75.6 cm³/mol. The van der Waals surface area contributed by atoms with Crippen molar-refractivity contribution in [3.63, 3.8) is 0 Å². The van der Waals surface area contributed by atoms with Gasteiger partial charge in [0.2, 0.25) is 5.78 Å². The molecule has 0 aliphatic carbocycles. The zero-order valence-corrected chi connectivity index (χ0v) is 11.2. The van der Waals surface area contributed by atoms with Crippen molar-refractivity contribution in [3.05, 3.63) is 60.2 Å². The molecular formula is C16H15NO3. The van der Waals surface area contributed by atoms with E-state index in [0.29, 0.717) is 18.8 Å². The van der Waals surface area contributed by atoms with Crippen molar-refractivity contribution in [1.29, 1.82) is 0 Å². The van der Waals surface area contributed by atoms with Crippen LogP contribution in [0.4, 0.5) is 0 Å². The number of rotatable bonds is 5. The van der Waals surface area contributed by atoms with E-state index in [1.54, 1.807) is 18.6 Å². The summed E-state index contributed by atoms with van der Waals surface area (Å²) in [5.74, 6) is 0.387. The third-order valence-electron chi connectivity index (χ3n) is 3.15. The lowest BCUT2D eigenvalue weighted by molar-refractivity contribution is 0.0917. The number of likely N-dealkylation sites (N-methyl/N-ethyl adjacent to an activating group) is 1. The van der Waals surface area contributed by atoms with Gasteiger partial charge in [-0.15, -0.1) is 0 Å². The summed E-state index contributed by atoms with van der Waals surface area (Å²) < 4.78 is 10.6. The van der Waals surface area contributed by atoms with Crippen LogP contribution in [0.5, 0.6) is 0 Å². The molecule has 4 nitrogen and oxygen atoms in total. The van der Waals surface area contributed by atoms with Crippen molar-refractivity contribution >= 4 is 16.8 Å². The highest BCUT2D eigenvalue weighted by Crippen LogP contribution is 2.19. The standard InChI is InChI=1S/C16H15NO3/c1-17(9-12-6-7-19-11-12)10-14(18)16-8-13-4-2-3-5-15(13)20-16/h2-8,11H,9-10H2,1H3. The van der Waals surface area contributed by atoms with Crippen molar-refractivity contribution in [2.45, 2.75) is 6.54 Å². The molecule has 0 amide bonds. The molecule has 3 rings (SSSR count). The maximum absolute atomic E-state index is 12.2. The molecule has 0 unspecified atom stereocenters. The summed E-state index contributed by atoms with van der Waals surface area (Å²) in [6, 6.07) is 11.3. The second-order valence-electron chi connectivity index (χ2n) is 4.88. The molecule has 0 bridgehead atoms. The van der Waals surface area contributed by atoms with Crippen LogP contribution < -0.4 is 0 Å². The first kappa shape index (κ1) is 12.7. The van der Waals surface area contributed by atoms with Gasteiger partial charge in [0.25, 0.3) is 0 Å². The van der Waals surface area contributed by atoms with Crippen molar-refractivity contribution < 1.29 is 13.6 Å². The first-order valence-corrected chi connectivity index (χ1v) is 6.44. The van der Waals surface area contributed by atoms with E-state index in [0.717, 1.165) is 16.5 Å². The first-order chi connectivity index (χ1) is 9.72. The second kappa shape index (κ2) is 5.35. The lowest BCUT2D eigenvalue weighted by Crippen LogP contribution is -2.25. The van der Waals surface area contributed by atoms with E-state index >= 15 is 0 Å². The fourth-order valence-corrected chi connectivity index (χ4v) is 2.19. The number of carbonyl (C=O) groups excluding carboxylic acids is 1. The molecule has 0 atom stereocenters. The number of carbonyl (C=O) groups is 1. The number of furan rings is 2. The number of ketones is 1. The number of hydrogen-bond donors (Lipinski definition) is 0. The zero-order chi connectivity index (χ0) is 13.9. The normalized spacial score (nSPS) is 11.3. The Morgan fingerprint density at radius 3 is 2.85 bits per heavy atom. The maximum atomic E-state index is 12.2. The fraction of sp³-hybridized carbons (Fsp3) is 0.188. The number of Topliss-reactive ketones (excluding diaryl/α,β-unsaturated/α-hetero) is 1. The molecule has 0 saturated carbocycles. The maximum Gasteiger partial charge on any atom is 0.211 e. The summed E-state index contributed by atoms with van der Waals surface area (Å²) in [5.41, 5.74) is 1.79. The quantitative estimate of drug-likeness (QED) is 0.666. The summed E-state index contributed by atoms with van der Waals surface area (Å²) in [6.07, 6.45) is 3.31. The van der Waals surface area contributed by atoms with Gasteiger partial charge in [0, 0.05) is 17.5 Å². The molecule has 0 saturated heterocycles. The van der Waals surface area contributed by atoms with Gasteiger partial charge in [0.1, 0.15) is 5.58 Å². The summed E-state index contributed by atoms with van der Waals surface area (Å²) in [4.78, 5) is 14.1. The fourth-order valence-electron chi connectivity index (χ4n) is 2.19. The van der Waals surface area contributed by atoms with Crippen LogP contribution in [0.3, 0.4) is 0 Å². The molecule has 0 spiro atoms. The lowest BCUT2D eigenvalue weighted by atomic mass is 10.2. The average Bonchev–Trinajstić information content (AvgIpc) is 3.06. The van der Waals surface area contributed by atoms with E-state index < -0.39 is 0 Å². The Bertz CT molecular complexity index is 679. The first-order valence-electron chi connectivity index (χ1n) is 6.44. The third-order valence-corrected chi connectivity index (χ3v) is 3.15. The second-order valence-corrected chi connectivity index (χ2v) is 4.88. The van der Waals surface area contributed by atoms with Gasteiger partial charge < -0.3 is 8.83 Å². The number of nitrogens with zero attached hydrogens (tertiary/aromatic N) is 1. The molecule has 4 heteroatoms. The van der Waals surface area contributed by atoms with Crippen LogP contribution in [0, 0.1) is 0 Å². The molecule has 2 heterocycles. The van der Waals surface area contributed by atoms with Crippen LogP contribution in [-0.2, 0) is 6.54 Å². The zero-order valence-electron chi connectivity index (χ0n) is 11.2. The van der Waals surface area contributed by atoms with Crippen LogP contribution in [-0.4, -0.2) is 24.3 Å². The minimum atomic E-state index is -0.0211. The number of fused-ring (bicyclic) bond motifs is 1. The number of benzene rings is 1. The van der Waals surface area contributed by atoms with Crippen LogP contribution in [0.15, 0.2) is 57.8 Å². The molecule has 0 aliphatic rings. The van der Waals surface area contributed by atoms with Gasteiger partial charge in [-0.3, -0.25) is 9.69 Å². The molecule has 0 N–H and O–H groups in total. The highest BCUT2D eigenvalue weighted by atomic mass is 16.3. The molecule has 0 aliphatic heterocycles. The molecular weight excluding hydrogens is 254 g/mol. The molecule has 3 aromatic rings. The van der Waals surface area contributed by atoms with E-state index in [1.165, 1.54) is 0 Å². The molecule has 1 aromatic carbocycles. The Labute approximate surface area is 116 Å². The van der Waals surface area contributed by atoms with E-state index in [-0.39, 0.29) is 5.78 Å². The van der Waals surface area contributed by atoms with Crippen LogP contribution in [0.1, 0.15) is 16.1 Å². The highest BCUT2D eigenvalue weighted by Gasteiger charge is 2.14. The average molecular weight is 269 g/mol. The highest BCUT2D eigenvalue weighted by molar-refractivity contribution is 5.98. The van der Waals surface area contributed by atoms with Crippen molar-refractivity contribution in [2.75, 3.05) is 13.6 Å². The van der Waals surface area contributed by atoms with Crippen molar-refractivity contribution in [2.24, 2.45) is 0 Å². The van der Waals surface area contributed by atoms with Crippen molar-refractivity contribution in [3.8, 4) is 0 Å². The van der Waals surface area contributed by atoms with Gasteiger partial charge >= 0.3 is 0 Å². The summed E-state index contributed by atoms with van der Waals surface area (Å²) in [7, 11) is 1.90. The molecule has 0 radical (unpaired) electrons. The summed E-state index contributed by atoms with van der Waals surface area (Å²) in [6.45, 7) is 0.980. The van der Waals surface area contributed by atoms with Gasteiger partial charge in [0.05, 0.1) is 19.1 Å². The van der Waals surface area contributed by atoms with Crippen molar-refractivity contribution in [1.82, 2.24) is 4.90 Å². The number of para-hydroxylation sites is 1. The molecule has 0 fully saturated rings. The Morgan fingerprint density at radius 2 is 2.10 bits per heavy atom. The van der Waals surface area contributed by atoms with Gasteiger partial charge in [-0.05, 0) is 25.2 Å². The summed E-state index contributed by atoms with van der Waals surface area (Å²) in [5, 5.41) is 0.952. The van der Waals surface area contributed by atoms with Gasteiger partial charge in [-0.2, -0.15) is 0 Å². The minimum absolute atomic E-state index is 0.0211. The van der Waals surface area contributed by atoms with E-state index in [9.17, 15) is 4.79 Å². The van der Waals surface area contributed by atoms with Crippen LogP contribution in [0.2, 0.25) is 0 Å². The summed E-state index contributed by atoms with van der Waals surface area (Å²) >= 11 is 0. The van der Waals surface area contributed by atoms with E-state index in [2.05, 4.69) is 0 Å². The minimum Gasteiger partial charge on any atom is -0.472 e. The largest absolute Gasteiger partial charge is 0.472 e. The smallest absolute Gasteiger partial charge is 0.211 e. The Kier molecular flexibility index (Phi) is 3.39. The van der Waals surface area contributed by atoms with Gasteiger partial charge in [0.15, 0.2) is 5.76 Å². The van der Waals surface area contributed by atoms with E-state index in [4.69, 9.17) is 8.83 Å². The Morgan fingerprint density at radius 1 is 1.25 bits per heavy atom. The molecule has 2 aromatic heterocycles. The Balaban J connectivity index is 1.69. The lowest BCUT2D eigenvalue weighted by Gasteiger charge is -2.13. The monoisotopic (exact) mass is 269 g/mol. The topological polar surface area (TPSA) is 46.6 Å². The van der Waals surface area contributed by atoms with Crippen LogP contribution in [0.25, 0.3) is 11.0 Å². The SMILES string of the molecule is CN(CC(=O)c1cc2ccccc2o1)Cc1ccoc1. The molecule has 20 heavy (non-hydrogen) atoms. The van der Waals surface area contributed by atoms with Crippen LogP contribution >= 0.6 is 0 Å². The third kappa shape index (κ3) is 2.65. The Hall–Kier alpha value is -2.33.